The van der Waals surface area contributed by atoms with Crippen LogP contribution in [0.15, 0.2) is 42.5 Å². The molecule has 7 heteroatoms. The van der Waals surface area contributed by atoms with Crippen LogP contribution in [0, 0.1) is 5.82 Å². The molecule has 0 aliphatic carbocycles. The molecule has 3 rings (SSSR count). The fraction of sp³-hybridized carbons (Fsp3) is 0.350. The van der Waals surface area contributed by atoms with Crippen LogP contribution in [-0.4, -0.2) is 60.6 Å². The van der Waals surface area contributed by atoms with Gasteiger partial charge >= 0.3 is 0 Å². The van der Waals surface area contributed by atoms with Crippen LogP contribution in [0.25, 0.3) is 0 Å². The number of likely N-dealkylation sites (N-methyl/N-ethyl adjacent to an activating group) is 1. The summed E-state index contributed by atoms with van der Waals surface area (Å²) >= 11 is 6.06. The number of hydrogen-bond acceptors (Lipinski definition) is 4. The van der Waals surface area contributed by atoms with Crippen molar-refractivity contribution in [1.82, 2.24) is 9.80 Å². The van der Waals surface area contributed by atoms with Crippen LogP contribution in [0.5, 0.6) is 5.75 Å². The molecule has 2 aromatic carbocycles. The van der Waals surface area contributed by atoms with Crippen molar-refractivity contribution in [3.05, 3.63) is 58.9 Å². The second-order valence-electron chi connectivity index (χ2n) is 6.76. The Labute approximate surface area is 163 Å². The van der Waals surface area contributed by atoms with Crippen LogP contribution >= 0.6 is 11.6 Å². The van der Waals surface area contributed by atoms with E-state index in [0.717, 1.165) is 18.8 Å². The number of anilines is 1. The highest BCUT2D eigenvalue weighted by Crippen LogP contribution is 2.21. The van der Waals surface area contributed by atoms with Crippen molar-refractivity contribution in [2.45, 2.75) is 6.54 Å². The molecule has 1 aliphatic rings. The minimum atomic E-state index is -0.357. The predicted octanol–water partition coefficient (Wildman–Crippen LogP) is 2.97. The number of amides is 1. The number of phenols is 1. The van der Waals surface area contributed by atoms with E-state index < -0.39 is 0 Å². The third-order valence-electron chi connectivity index (χ3n) is 4.74. The lowest BCUT2D eigenvalue weighted by Gasteiger charge is -2.36. The SMILES string of the molecule is CN(CC(=O)N1CCN(c2ccc(O)cc2)CC1)Cc1c(F)cccc1Cl. The number of phenolic OH excluding ortho intramolecular Hbond substituents is 1. The zero-order chi connectivity index (χ0) is 19.4. The molecule has 27 heavy (non-hydrogen) atoms. The molecular formula is C20H23ClFN3O2. The summed E-state index contributed by atoms with van der Waals surface area (Å²) in [5, 5.41) is 9.76. The monoisotopic (exact) mass is 391 g/mol. The lowest BCUT2D eigenvalue weighted by molar-refractivity contribution is -0.132. The van der Waals surface area contributed by atoms with Gasteiger partial charge in [0, 0.05) is 49.0 Å². The van der Waals surface area contributed by atoms with Gasteiger partial charge in [-0.1, -0.05) is 17.7 Å². The number of hydrogen-bond donors (Lipinski definition) is 1. The Bertz CT molecular complexity index is 772. The Kier molecular flexibility index (Phi) is 6.19. The molecule has 0 atom stereocenters. The van der Waals surface area contributed by atoms with Crippen molar-refractivity contribution in [3.8, 4) is 5.75 Å². The van der Waals surface area contributed by atoms with Crippen LogP contribution in [0.3, 0.4) is 0 Å². The summed E-state index contributed by atoms with van der Waals surface area (Å²) in [7, 11) is 1.79. The molecule has 0 saturated carbocycles. The van der Waals surface area contributed by atoms with Crippen LogP contribution in [-0.2, 0) is 11.3 Å². The van der Waals surface area contributed by atoms with Crippen LogP contribution in [0.1, 0.15) is 5.56 Å². The van der Waals surface area contributed by atoms with E-state index in [0.29, 0.717) is 23.7 Å². The van der Waals surface area contributed by atoms with Gasteiger partial charge in [0.15, 0.2) is 0 Å². The number of carbonyl (C=O) groups is 1. The molecule has 0 bridgehead atoms. The fourth-order valence-electron chi connectivity index (χ4n) is 3.22. The summed E-state index contributed by atoms with van der Waals surface area (Å²) in [5.74, 6) is -0.0924. The third kappa shape index (κ3) is 4.90. The first-order chi connectivity index (χ1) is 12.9. The molecule has 0 unspecified atom stereocenters. The van der Waals surface area contributed by atoms with E-state index >= 15 is 0 Å². The van der Waals surface area contributed by atoms with Crippen LogP contribution < -0.4 is 4.90 Å². The summed E-state index contributed by atoms with van der Waals surface area (Å²) in [4.78, 5) is 18.4. The van der Waals surface area contributed by atoms with E-state index in [-0.39, 0.29) is 30.6 Å². The molecular weight excluding hydrogens is 369 g/mol. The molecule has 1 heterocycles. The Morgan fingerprint density at radius 1 is 1.15 bits per heavy atom. The summed E-state index contributed by atoms with van der Waals surface area (Å²) in [6, 6.07) is 11.7. The highest BCUT2D eigenvalue weighted by Gasteiger charge is 2.22. The fourth-order valence-corrected chi connectivity index (χ4v) is 3.44. The molecule has 1 amide bonds. The lowest BCUT2D eigenvalue weighted by atomic mass is 10.2. The van der Waals surface area contributed by atoms with Gasteiger partial charge in [-0.15, -0.1) is 0 Å². The van der Waals surface area contributed by atoms with E-state index in [2.05, 4.69) is 4.90 Å². The van der Waals surface area contributed by atoms with Gasteiger partial charge in [0.2, 0.25) is 5.91 Å². The average Bonchev–Trinajstić information content (AvgIpc) is 2.65. The number of benzene rings is 2. The van der Waals surface area contributed by atoms with Crippen LogP contribution in [0.2, 0.25) is 5.02 Å². The minimum absolute atomic E-state index is 0.0234. The molecule has 144 valence electrons. The number of piperazine rings is 1. The molecule has 1 N–H and O–H groups in total. The van der Waals surface area contributed by atoms with E-state index in [4.69, 9.17) is 11.6 Å². The van der Waals surface area contributed by atoms with Crippen molar-refractivity contribution in [2.24, 2.45) is 0 Å². The molecule has 1 fully saturated rings. The maximum atomic E-state index is 13.9. The molecule has 0 aromatic heterocycles. The number of nitrogens with zero attached hydrogens (tertiary/aromatic N) is 3. The normalized spacial score (nSPS) is 14.7. The molecule has 5 nitrogen and oxygen atoms in total. The van der Waals surface area contributed by atoms with Gasteiger partial charge in [-0.2, -0.15) is 0 Å². The summed E-state index contributed by atoms with van der Waals surface area (Å²) in [6.07, 6.45) is 0. The summed E-state index contributed by atoms with van der Waals surface area (Å²) < 4.78 is 13.9. The van der Waals surface area contributed by atoms with E-state index in [1.165, 1.54) is 6.07 Å². The third-order valence-corrected chi connectivity index (χ3v) is 5.10. The first kappa shape index (κ1) is 19.5. The van der Waals surface area contributed by atoms with Gasteiger partial charge in [0.25, 0.3) is 0 Å². The van der Waals surface area contributed by atoms with Crippen molar-refractivity contribution in [3.63, 3.8) is 0 Å². The average molecular weight is 392 g/mol. The maximum Gasteiger partial charge on any atom is 0.236 e. The quantitative estimate of drug-likeness (QED) is 0.851. The zero-order valence-corrected chi connectivity index (χ0v) is 16.0. The Morgan fingerprint density at radius 2 is 1.81 bits per heavy atom. The summed E-state index contributed by atoms with van der Waals surface area (Å²) in [6.45, 7) is 3.23. The molecule has 0 radical (unpaired) electrons. The molecule has 0 spiro atoms. The first-order valence-electron chi connectivity index (χ1n) is 8.87. The zero-order valence-electron chi connectivity index (χ0n) is 15.2. The maximum absolute atomic E-state index is 13.9. The van der Waals surface area contributed by atoms with Crippen molar-refractivity contribution < 1.29 is 14.3 Å². The van der Waals surface area contributed by atoms with Gasteiger partial charge in [0.05, 0.1) is 6.54 Å². The number of carbonyl (C=O) groups excluding carboxylic acids is 1. The predicted molar refractivity (Wildman–Crippen MR) is 105 cm³/mol. The van der Waals surface area contributed by atoms with Crippen LogP contribution in [0.4, 0.5) is 10.1 Å². The molecule has 2 aromatic rings. The van der Waals surface area contributed by atoms with E-state index in [1.807, 2.05) is 17.0 Å². The topological polar surface area (TPSA) is 47.0 Å². The standard InChI is InChI=1S/C20H23ClFN3O2/c1-23(13-17-18(21)3-2-4-19(17)22)14-20(27)25-11-9-24(10-12-25)15-5-7-16(26)8-6-15/h2-8,26H,9-14H2,1H3. The number of aromatic hydroxyl groups is 1. The number of halogens is 2. The van der Waals surface area contributed by atoms with Gasteiger partial charge in [-0.05, 0) is 43.4 Å². The Morgan fingerprint density at radius 3 is 2.44 bits per heavy atom. The van der Waals surface area contributed by atoms with Crippen molar-refractivity contribution >= 4 is 23.2 Å². The van der Waals surface area contributed by atoms with Crippen molar-refractivity contribution in [1.29, 1.82) is 0 Å². The van der Waals surface area contributed by atoms with Gasteiger partial charge < -0.3 is 14.9 Å². The minimum Gasteiger partial charge on any atom is -0.508 e. The van der Waals surface area contributed by atoms with Gasteiger partial charge in [-0.25, -0.2) is 4.39 Å². The smallest absolute Gasteiger partial charge is 0.236 e. The molecule has 1 aliphatic heterocycles. The highest BCUT2D eigenvalue weighted by atomic mass is 35.5. The second kappa shape index (κ2) is 8.59. The van der Waals surface area contributed by atoms with Crippen molar-refractivity contribution in [2.75, 3.05) is 44.7 Å². The lowest BCUT2D eigenvalue weighted by Crippen LogP contribution is -2.51. The highest BCUT2D eigenvalue weighted by molar-refractivity contribution is 6.31. The van der Waals surface area contributed by atoms with E-state index in [9.17, 15) is 14.3 Å². The van der Waals surface area contributed by atoms with Gasteiger partial charge in [-0.3, -0.25) is 9.69 Å². The van der Waals surface area contributed by atoms with Gasteiger partial charge in [0.1, 0.15) is 11.6 Å². The Balaban J connectivity index is 1.51. The first-order valence-corrected chi connectivity index (χ1v) is 9.25. The Hall–Kier alpha value is -2.31. The second-order valence-corrected chi connectivity index (χ2v) is 7.16. The number of rotatable bonds is 5. The van der Waals surface area contributed by atoms with E-state index in [1.54, 1.807) is 36.2 Å². The largest absolute Gasteiger partial charge is 0.508 e. The summed E-state index contributed by atoms with van der Waals surface area (Å²) in [5.41, 5.74) is 1.44. The molecule has 1 saturated heterocycles.